The molecule has 18 heavy (non-hydrogen) atoms. The van der Waals surface area contributed by atoms with Gasteiger partial charge in [0.15, 0.2) is 0 Å². The van der Waals surface area contributed by atoms with Gasteiger partial charge in [0, 0.05) is 26.0 Å². The van der Waals surface area contributed by atoms with Crippen molar-refractivity contribution in [1.29, 1.82) is 5.26 Å². The first kappa shape index (κ1) is 14.0. The number of hydrogen-bond acceptors (Lipinski definition) is 4. The lowest BCUT2D eigenvalue weighted by Crippen LogP contribution is -2.18. The van der Waals surface area contributed by atoms with Crippen molar-refractivity contribution in [3.8, 4) is 6.07 Å². The number of rotatable bonds is 3. The molecular formula is C13H18N4O. The highest BCUT2D eigenvalue weighted by Crippen LogP contribution is 2.14. The van der Waals surface area contributed by atoms with E-state index in [2.05, 4.69) is 5.10 Å². The molecule has 1 rings (SSSR count). The zero-order valence-corrected chi connectivity index (χ0v) is 11.5. The van der Waals surface area contributed by atoms with Crippen LogP contribution in [0, 0.1) is 25.2 Å². The lowest BCUT2D eigenvalue weighted by molar-refractivity contribution is 0.0941. The predicted molar refractivity (Wildman–Crippen MR) is 69.1 cm³/mol. The van der Waals surface area contributed by atoms with E-state index in [0.29, 0.717) is 0 Å². The maximum atomic E-state index is 12.2. The number of aryl methyl sites for hydroxylation is 1. The predicted octanol–water partition coefficient (Wildman–Crippen LogP) is 1.67. The minimum absolute atomic E-state index is 0.0771. The molecular weight excluding hydrogens is 228 g/mol. The van der Waals surface area contributed by atoms with Gasteiger partial charge < -0.3 is 4.90 Å². The molecule has 5 nitrogen and oxygen atoms in total. The fraction of sp³-hybridized carbons (Fsp3) is 0.462. The molecule has 1 heterocycles. The van der Waals surface area contributed by atoms with Crippen LogP contribution in [0.1, 0.15) is 28.7 Å². The summed E-state index contributed by atoms with van der Waals surface area (Å²) in [6.45, 7) is 5.74. The molecule has 0 aromatic carbocycles. The molecule has 0 N–H and O–H groups in total. The normalized spacial score (nSPS) is 11.2. The van der Waals surface area contributed by atoms with Gasteiger partial charge in [0.05, 0.1) is 5.69 Å². The molecule has 1 aromatic heterocycles. The second kappa shape index (κ2) is 5.50. The molecule has 1 aromatic rings. The molecule has 0 amide bonds. The van der Waals surface area contributed by atoms with Crippen molar-refractivity contribution >= 4 is 5.91 Å². The van der Waals surface area contributed by atoms with Crippen LogP contribution >= 0.6 is 0 Å². The molecule has 0 aliphatic heterocycles. The molecule has 96 valence electrons. The minimum Gasteiger partial charge on any atom is -0.382 e. The first-order valence-corrected chi connectivity index (χ1v) is 5.80. The molecule has 0 spiro atoms. The first-order chi connectivity index (χ1) is 8.42. The van der Waals surface area contributed by atoms with Gasteiger partial charge in [-0.25, -0.2) is 0 Å². The van der Waals surface area contributed by atoms with Gasteiger partial charge in [0.1, 0.15) is 11.6 Å². The summed E-state index contributed by atoms with van der Waals surface area (Å²) < 4.78 is 1.31. The molecule has 0 aliphatic rings. The molecule has 0 fully saturated rings. The van der Waals surface area contributed by atoms with Crippen molar-refractivity contribution in [3.63, 3.8) is 0 Å². The zero-order valence-electron chi connectivity index (χ0n) is 11.5. The van der Waals surface area contributed by atoms with E-state index in [4.69, 9.17) is 5.26 Å². The first-order valence-electron chi connectivity index (χ1n) is 5.80. The van der Waals surface area contributed by atoms with Gasteiger partial charge in [-0.05, 0) is 25.8 Å². The fourth-order valence-electron chi connectivity index (χ4n) is 1.89. The Kier molecular flexibility index (Phi) is 4.27. The minimum atomic E-state index is -0.383. The summed E-state index contributed by atoms with van der Waals surface area (Å²) in [5.74, 6) is -0.383. The van der Waals surface area contributed by atoms with Crippen LogP contribution in [0.2, 0.25) is 0 Å². The average molecular weight is 246 g/mol. The molecule has 0 aliphatic carbocycles. The van der Waals surface area contributed by atoms with E-state index in [9.17, 15) is 4.79 Å². The monoisotopic (exact) mass is 246 g/mol. The van der Waals surface area contributed by atoms with Crippen LogP contribution in [-0.4, -0.2) is 34.7 Å². The molecule has 5 heteroatoms. The summed E-state index contributed by atoms with van der Waals surface area (Å²) in [4.78, 5) is 13.9. The smallest absolute Gasteiger partial charge is 0.290 e. The van der Waals surface area contributed by atoms with Crippen molar-refractivity contribution in [3.05, 3.63) is 28.7 Å². The number of nitriles is 1. The van der Waals surface area contributed by atoms with E-state index < -0.39 is 0 Å². The summed E-state index contributed by atoms with van der Waals surface area (Å²) in [5, 5.41) is 13.2. The highest BCUT2D eigenvalue weighted by molar-refractivity contribution is 5.98. The van der Waals surface area contributed by atoms with E-state index in [1.54, 1.807) is 19.0 Å². The lowest BCUT2D eigenvalue weighted by Gasteiger charge is -2.07. The van der Waals surface area contributed by atoms with Crippen LogP contribution in [0.15, 0.2) is 11.8 Å². The van der Waals surface area contributed by atoms with Crippen molar-refractivity contribution in [2.75, 3.05) is 14.1 Å². The summed E-state index contributed by atoms with van der Waals surface area (Å²) in [6, 6.07) is 1.91. The Bertz CT molecular complexity index is 532. The molecule has 0 bridgehead atoms. The Morgan fingerprint density at radius 2 is 2.11 bits per heavy atom. The highest BCUT2D eigenvalue weighted by Gasteiger charge is 2.18. The van der Waals surface area contributed by atoms with Crippen LogP contribution in [0.5, 0.6) is 0 Å². The van der Waals surface area contributed by atoms with E-state index in [1.165, 1.54) is 10.9 Å². The van der Waals surface area contributed by atoms with Crippen LogP contribution < -0.4 is 0 Å². The van der Waals surface area contributed by atoms with Gasteiger partial charge in [-0.2, -0.15) is 15.0 Å². The third-order valence-electron chi connectivity index (χ3n) is 2.73. The van der Waals surface area contributed by atoms with E-state index in [-0.39, 0.29) is 11.5 Å². The standard InChI is InChI=1S/C13H18N4O/c1-6-12-9(2)15-17(10(12)3)13(18)11(7-14)8-16(4)5/h8H,6H2,1-5H3/b11-8-. The van der Waals surface area contributed by atoms with E-state index in [0.717, 1.165) is 23.4 Å². The van der Waals surface area contributed by atoms with Crippen LogP contribution in [0.3, 0.4) is 0 Å². The number of aromatic nitrogens is 2. The van der Waals surface area contributed by atoms with Crippen molar-refractivity contribution in [2.24, 2.45) is 0 Å². The maximum absolute atomic E-state index is 12.2. The number of carbonyl (C=O) groups is 1. The van der Waals surface area contributed by atoms with Crippen molar-refractivity contribution in [2.45, 2.75) is 27.2 Å². The van der Waals surface area contributed by atoms with Crippen LogP contribution in [0.25, 0.3) is 0 Å². The zero-order chi connectivity index (χ0) is 13.9. The third kappa shape index (κ3) is 2.59. The molecule has 0 saturated carbocycles. The number of nitrogens with zero attached hydrogens (tertiary/aromatic N) is 4. The fourth-order valence-corrected chi connectivity index (χ4v) is 1.89. The summed E-state index contributed by atoms with van der Waals surface area (Å²) in [7, 11) is 3.53. The van der Waals surface area contributed by atoms with Crippen LogP contribution in [0.4, 0.5) is 0 Å². The SMILES string of the molecule is CCc1c(C)nn(C(=O)/C(C#N)=C\N(C)C)c1C. The highest BCUT2D eigenvalue weighted by atomic mass is 16.2. The van der Waals surface area contributed by atoms with Crippen molar-refractivity contribution in [1.82, 2.24) is 14.7 Å². The summed E-state index contributed by atoms with van der Waals surface area (Å²) >= 11 is 0. The summed E-state index contributed by atoms with van der Waals surface area (Å²) in [6.07, 6.45) is 2.33. The Balaban J connectivity index is 3.24. The topological polar surface area (TPSA) is 61.9 Å². The number of allylic oxidation sites excluding steroid dienone is 1. The Hall–Kier alpha value is -2.09. The van der Waals surface area contributed by atoms with Gasteiger partial charge >= 0.3 is 0 Å². The van der Waals surface area contributed by atoms with E-state index in [1.807, 2.05) is 26.8 Å². The van der Waals surface area contributed by atoms with Crippen molar-refractivity contribution < 1.29 is 4.79 Å². The quantitative estimate of drug-likeness (QED) is 0.601. The summed E-state index contributed by atoms with van der Waals surface area (Å²) in [5.41, 5.74) is 2.78. The molecule has 0 unspecified atom stereocenters. The molecule has 0 atom stereocenters. The molecule has 0 saturated heterocycles. The third-order valence-corrected chi connectivity index (χ3v) is 2.73. The van der Waals surface area contributed by atoms with Crippen LogP contribution in [-0.2, 0) is 6.42 Å². The largest absolute Gasteiger partial charge is 0.382 e. The Morgan fingerprint density at radius 3 is 2.50 bits per heavy atom. The van der Waals surface area contributed by atoms with E-state index >= 15 is 0 Å². The number of carbonyl (C=O) groups excluding carboxylic acids is 1. The second-order valence-corrected chi connectivity index (χ2v) is 4.34. The maximum Gasteiger partial charge on any atom is 0.290 e. The van der Waals surface area contributed by atoms with Gasteiger partial charge in [-0.15, -0.1) is 0 Å². The second-order valence-electron chi connectivity index (χ2n) is 4.34. The number of hydrogen-bond donors (Lipinski definition) is 0. The van der Waals surface area contributed by atoms with Gasteiger partial charge in [0.2, 0.25) is 0 Å². The average Bonchev–Trinajstić information content (AvgIpc) is 2.60. The Labute approximate surface area is 107 Å². The van der Waals surface area contributed by atoms with Gasteiger partial charge in [-0.1, -0.05) is 6.92 Å². The Morgan fingerprint density at radius 1 is 1.50 bits per heavy atom. The van der Waals surface area contributed by atoms with Gasteiger partial charge in [0.25, 0.3) is 5.91 Å². The van der Waals surface area contributed by atoms with Gasteiger partial charge in [-0.3, -0.25) is 4.79 Å². The lowest BCUT2D eigenvalue weighted by atomic mass is 10.1. The molecule has 0 radical (unpaired) electrons.